The summed E-state index contributed by atoms with van der Waals surface area (Å²) < 4.78 is 4.99. The first-order valence-corrected chi connectivity index (χ1v) is 7.33. The van der Waals surface area contributed by atoms with E-state index in [0.29, 0.717) is 30.3 Å². The van der Waals surface area contributed by atoms with Crippen molar-refractivity contribution in [1.29, 1.82) is 0 Å². The van der Waals surface area contributed by atoms with E-state index in [1.807, 2.05) is 6.92 Å². The second kappa shape index (κ2) is 5.54. The molecule has 6 heteroatoms. The van der Waals surface area contributed by atoms with Crippen molar-refractivity contribution in [3.63, 3.8) is 0 Å². The Bertz CT molecular complexity index is 487. The minimum atomic E-state index is -0.0478. The Balaban J connectivity index is 1.52. The van der Waals surface area contributed by atoms with Crippen molar-refractivity contribution >= 4 is 11.8 Å². The third-order valence-corrected chi connectivity index (χ3v) is 4.49. The molecule has 2 fully saturated rings. The van der Waals surface area contributed by atoms with E-state index in [0.717, 1.165) is 25.2 Å². The van der Waals surface area contributed by atoms with Crippen molar-refractivity contribution in [3.05, 3.63) is 11.8 Å². The standard InChI is InChI=1S/C14H22N4O2/c1-9-5-14(20-17-9)16-13(19)8-18-6-10-3-2-4-12(15)11(10)7-18/h5,10-12H,2-4,6-8,15H2,1H3,(H,16,19). The Morgan fingerprint density at radius 2 is 2.40 bits per heavy atom. The molecule has 1 aliphatic carbocycles. The van der Waals surface area contributed by atoms with Gasteiger partial charge < -0.3 is 10.3 Å². The van der Waals surface area contributed by atoms with Gasteiger partial charge in [-0.25, -0.2) is 0 Å². The molecule has 1 aromatic heterocycles. The number of hydrogen-bond acceptors (Lipinski definition) is 5. The van der Waals surface area contributed by atoms with Crippen LogP contribution in [-0.2, 0) is 4.79 Å². The fourth-order valence-electron chi connectivity index (χ4n) is 3.54. The average molecular weight is 278 g/mol. The van der Waals surface area contributed by atoms with E-state index < -0.39 is 0 Å². The number of amides is 1. The SMILES string of the molecule is Cc1cc(NC(=O)CN2CC3CCCC(N)C3C2)on1. The highest BCUT2D eigenvalue weighted by Gasteiger charge is 2.38. The zero-order valence-corrected chi connectivity index (χ0v) is 11.8. The highest BCUT2D eigenvalue weighted by Crippen LogP contribution is 2.35. The minimum Gasteiger partial charge on any atom is -0.338 e. The third-order valence-electron chi connectivity index (χ3n) is 4.49. The van der Waals surface area contributed by atoms with Gasteiger partial charge in [-0.1, -0.05) is 11.6 Å². The Morgan fingerprint density at radius 1 is 1.55 bits per heavy atom. The fraction of sp³-hybridized carbons (Fsp3) is 0.714. The molecule has 0 radical (unpaired) electrons. The maximum absolute atomic E-state index is 12.0. The largest absolute Gasteiger partial charge is 0.338 e. The summed E-state index contributed by atoms with van der Waals surface area (Å²) in [4.78, 5) is 14.2. The lowest BCUT2D eigenvalue weighted by molar-refractivity contribution is -0.117. The number of aryl methyl sites for hydroxylation is 1. The summed E-state index contributed by atoms with van der Waals surface area (Å²) in [5.41, 5.74) is 6.95. The maximum Gasteiger partial charge on any atom is 0.240 e. The van der Waals surface area contributed by atoms with Crippen molar-refractivity contribution in [2.45, 2.75) is 32.2 Å². The number of fused-ring (bicyclic) bond motifs is 1. The zero-order valence-electron chi connectivity index (χ0n) is 11.8. The lowest BCUT2D eigenvalue weighted by Crippen LogP contribution is -2.38. The number of nitrogens with one attached hydrogen (secondary N) is 1. The van der Waals surface area contributed by atoms with Gasteiger partial charge >= 0.3 is 0 Å². The van der Waals surface area contributed by atoms with Gasteiger partial charge in [0.1, 0.15) is 0 Å². The molecule has 0 bridgehead atoms. The summed E-state index contributed by atoms with van der Waals surface area (Å²) in [6.07, 6.45) is 3.59. The Morgan fingerprint density at radius 3 is 3.10 bits per heavy atom. The normalized spacial score (nSPS) is 30.2. The number of likely N-dealkylation sites (tertiary alicyclic amines) is 1. The first-order valence-electron chi connectivity index (χ1n) is 7.33. The maximum atomic E-state index is 12.0. The van der Waals surface area contributed by atoms with Crippen LogP contribution in [0.25, 0.3) is 0 Å². The van der Waals surface area contributed by atoms with Crippen molar-refractivity contribution in [1.82, 2.24) is 10.1 Å². The van der Waals surface area contributed by atoms with Crippen LogP contribution in [0.15, 0.2) is 10.6 Å². The summed E-state index contributed by atoms with van der Waals surface area (Å²) in [5.74, 6) is 1.59. The molecule has 1 amide bonds. The molecule has 20 heavy (non-hydrogen) atoms. The number of nitrogens with zero attached hydrogens (tertiary/aromatic N) is 2. The molecular formula is C14H22N4O2. The molecular weight excluding hydrogens is 256 g/mol. The summed E-state index contributed by atoms with van der Waals surface area (Å²) in [6.45, 7) is 4.15. The minimum absolute atomic E-state index is 0.0478. The van der Waals surface area contributed by atoms with Gasteiger partial charge in [0.2, 0.25) is 11.8 Å². The van der Waals surface area contributed by atoms with E-state index in [-0.39, 0.29) is 5.91 Å². The Kier molecular flexibility index (Phi) is 3.76. The van der Waals surface area contributed by atoms with Crippen LogP contribution in [0.4, 0.5) is 5.88 Å². The lowest BCUT2D eigenvalue weighted by Gasteiger charge is -2.29. The van der Waals surface area contributed by atoms with E-state index in [9.17, 15) is 4.79 Å². The number of aromatic nitrogens is 1. The molecule has 2 aliphatic rings. The topological polar surface area (TPSA) is 84.4 Å². The Hall–Kier alpha value is -1.40. The molecule has 3 atom stereocenters. The highest BCUT2D eigenvalue weighted by molar-refractivity contribution is 5.90. The molecule has 3 unspecified atom stereocenters. The zero-order chi connectivity index (χ0) is 14.1. The van der Waals surface area contributed by atoms with E-state index in [2.05, 4.69) is 15.4 Å². The van der Waals surface area contributed by atoms with E-state index >= 15 is 0 Å². The van der Waals surface area contributed by atoms with E-state index in [1.54, 1.807) is 6.07 Å². The molecule has 0 spiro atoms. The van der Waals surface area contributed by atoms with Gasteiger partial charge in [0.25, 0.3) is 0 Å². The van der Waals surface area contributed by atoms with Crippen LogP contribution < -0.4 is 11.1 Å². The lowest BCUT2D eigenvalue weighted by atomic mass is 9.78. The van der Waals surface area contributed by atoms with E-state index in [4.69, 9.17) is 10.3 Å². The highest BCUT2D eigenvalue weighted by atomic mass is 16.5. The summed E-state index contributed by atoms with van der Waals surface area (Å²) in [7, 11) is 0. The van der Waals surface area contributed by atoms with Gasteiger partial charge in [0, 0.05) is 25.2 Å². The quantitative estimate of drug-likeness (QED) is 0.861. The summed E-state index contributed by atoms with van der Waals surface area (Å²) in [6, 6.07) is 2.02. The molecule has 1 aromatic rings. The van der Waals surface area contributed by atoms with Crippen LogP contribution in [0.2, 0.25) is 0 Å². The number of anilines is 1. The molecule has 1 saturated carbocycles. The molecule has 1 aliphatic heterocycles. The number of nitrogens with two attached hydrogens (primary N) is 1. The second-order valence-corrected chi connectivity index (χ2v) is 6.09. The number of hydrogen-bond donors (Lipinski definition) is 2. The van der Waals surface area contributed by atoms with Crippen LogP contribution in [0.1, 0.15) is 25.0 Å². The van der Waals surface area contributed by atoms with Crippen LogP contribution in [-0.4, -0.2) is 41.6 Å². The number of carbonyl (C=O) groups excluding carboxylic acids is 1. The van der Waals surface area contributed by atoms with Crippen LogP contribution >= 0.6 is 0 Å². The van der Waals surface area contributed by atoms with Crippen molar-refractivity contribution in [3.8, 4) is 0 Å². The van der Waals surface area contributed by atoms with Gasteiger partial charge in [-0.3, -0.25) is 15.0 Å². The second-order valence-electron chi connectivity index (χ2n) is 6.09. The summed E-state index contributed by atoms with van der Waals surface area (Å²) >= 11 is 0. The van der Waals surface area contributed by atoms with Crippen molar-refractivity contribution in [2.75, 3.05) is 25.0 Å². The van der Waals surface area contributed by atoms with Crippen LogP contribution in [0, 0.1) is 18.8 Å². The smallest absolute Gasteiger partial charge is 0.240 e. The summed E-state index contributed by atoms with van der Waals surface area (Å²) in [5, 5.41) is 6.49. The first kappa shape index (κ1) is 13.6. The van der Waals surface area contributed by atoms with Crippen molar-refractivity contribution < 1.29 is 9.32 Å². The third kappa shape index (κ3) is 2.86. The van der Waals surface area contributed by atoms with Crippen molar-refractivity contribution in [2.24, 2.45) is 17.6 Å². The monoisotopic (exact) mass is 278 g/mol. The molecule has 6 nitrogen and oxygen atoms in total. The predicted molar refractivity (Wildman–Crippen MR) is 75.1 cm³/mol. The molecule has 0 aromatic carbocycles. The molecule has 110 valence electrons. The molecule has 2 heterocycles. The molecule has 1 saturated heterocycles. The van der Waals surface area contributed by atoms with Gasteiger partial charge in [-0.2, -0.15) is 0 Å². The van der Waals surface area contributed by atoms with Crippen LogP contribution in [0.5, 0.6) is 0 Å². The van der Waals surface area contributed by atoms with E-state index in [1.165, 1.54) is 12.8 Å². The number of carbonyl (C=O) groups is 1. The molecule has 3 rings (SSSR count). The first-order chi connectivity index (χ1) is 9.61. The van der Waals surface area contributed by atoms with Gasteiger partial charge in [-0.15, -0.1) is 0 Å². The van der Waals surface area contributed by atoms with Crippen LogP contribution in [0.3, 0.4) is 0 Å². The van der Waals surface area contributed by atoms with Gasteiger partial charge in [-0.05, 0) is 31.6 Å². The van der Waals surface area contributed by atoms with Gasteiger partial charge in [0.05, 0.1) is 12.2 Å². The average Bonchev–Trinajstić information content (AvgIpc) is 2.96. The number of rotatable bonds is 3. The fourth-order valence-corrected chi connectivity index (χ4v) is 3.54. The molecule has 3 N–H and O–H groups in total. The predicted octanol–water partition coefficient (Wildman–Crippen LogP) is 0.981. The Labute approximate surface area is 118 Å². The van der Waals surface area contributed by atoms with Gasteiger partial charge in [0.15, 0.2) is 0 Å².